The molecule has 1 N–H and O–H groups in total. The molecule has 0 aliphatic heterocycles. The van der Waals surface area contributed by atoms with E-state index < -0.39 is 17.6 Å². The second-order valence-electron chi connectivity index (χ2n) is 7.50. The quantitative estimate of drug-likeness (QED) is 0.365. The number of oxazole rings is 1. The molecule has 0 aliphatic rings. The lowest BCUT2D eigenvalue weighted by Gasteiger charge is -2.09. The Kier molecular flexibility index (Phi) is 6.73. The molecule has 0 radical (unpaired) electrons. The summed E-state index contributed by atoms with van der Waals surface area (Å²) >= 11 is 1.35. The lowest BCUT2D eigenvalue weighted by atomic mass is 10.1. The number of alkyl halides is 3. The highest BCUT2D eigenvalue weighted by Gasteiger charge is 2.30. The molecule has 2 heterocycles. The Morgan fingerprint density at radius 3 is 2.62 bits per heavy atom. The first-order valence-corrected chi connectivity index (χ1v) is 11.2. The number of nitrogens with zero attached hydrogens (tertiary/aromatic N) is 4. The average molecular weight is 488 g/mol. The molecule has 2 aromatic heterocycles. The summed E-state index contributed by atoms with van der Waals surface area (Å²) in [4.78, 5) is 16.5. The van der Waals surface area contributed by atoms with Crippen LogP contribution in [0.15, 0.2) is 64.4 Å². The summed E-state index contributed by atoms with van der Waals surface area (Å²) in [7, 11) is 0. The van der Waals surface area contributed by atoms with Crippen molar-refractivity contribution in [2.45, 2.75) is 37.5 Å². The van der Waals surface area contributed by atoms with Gasteiger partial charge in [0.05, 0.1) is 11.3 Å². The van der Waals surface area contributed by atoms with Gasteiger partial charge in [-0.3, -0.25) is 9.36 Å². The van der Waals surface area contributed by atoms with Gasteiger partial charge in [0.15, 0.2) is 10.9 Å². The van der Waals surface area contributed by atoms with Gasteiger partial charge in [0.2, 0.25) is 5.89 Å². The Labute approximate surface area is 197 Å². The lowest BCUT2D eigenvalue weighted by Crippen LogP contribution is -2.23. The van der Waals surface area contributed by atoms with Crippen LogP contribution < -0.4 is 5.32 Å². The van der Waals surface area contributed by atoms with Gasteiger partial charge in [0.1, 0.15) is 12.1 Å². The van der Waals surface area contributed by atoms with Crippen LogP contribution in [0.3, 0.4) is 0 Å². The van der Waals surface area contributed by atoms with Gasteiger partial charge in [-0.1, -0.05) is 41.6 Å². The van der Waals surface area contributed by atoms with E-state index in [9.17, 15) is 18.0 Å². The second kappa shape index (κ2) is 9.72. The molecule has 0 bridgehead atoms. The van der Waals surface area contributed by atoms with Crippen LogP contribution >= 0.6 is 11.8 Å². The minimum atomic E-state index is -4.44. The smallest absolute Gasteiger partial charge is 0.416 e. The van der Waals surface area contributed by atoms with Gasteiger partial charge < -0.3 is 9.73 Å². The van der Waals surface area contributed by atoms with E-state index in [1.807, 2.05) is 42.7 Å². The topological polar surface area (TPSA) is 85.8 Å². The predicted octanol–water partition coefficient (Wildman–Crippen LogP) is 5.11. The van der Waals surface area contributed by atoms with E-state index in [-0.39, 0.29) is 12.2 Å². The van der Waals surface area contributed by atoms with Gasteiger partial charge >= 0.3 is 6.18 Å². The zero-order valence-corrected chi connectivity index (χ0v) is 19.1. The van der Waals surface area contributed by atoms with Gasteiger partial charge in [-0.2, -0.15) is 13.2 Å². The Morgan fingerprint density at radius 1 is 1.12 bits per heavy atom. The Morgan fingerprint density at radius 2 is 1.88 bits per heavy atom. The largest absolute Gasteiger partial charge is 0.447 e. The van der Waals surface area contributed by atoms with Gasteiger partial charge in [-0.05, 0) is 43.7 Å². The standard InChI is InChI=1S/C23H20F3N5O2S/c1-14-6-8-18(9-7-14)31-15(2)29-30-22(31)34-13-20-28-19(12-33-20)21(32)27-11-16-4-3-5-17(10-16)23(24,25)26/h3-10,12H,11,13H2,1-2H3,(H,27,32). The maximum atomic E-state index is 12.8. The third-order valence-electron chi connectivity index (χ3n) is 4.90. The van der Waals surface area contributed by atoms with Crippen LogP contribution in [0.2, 0.25) is 0 Å². The average Bonchev–Trinajstić information content (AvgIpc) is 3.43. The summed E-state index contributed by atoms with van der Waals surface area (Å²) in [5.41, 5.74) is 1.67. The monoisotopic (exact) mass is 487 g/mol. The van der Waals surface area contributed by atoms with E-state index in [1.165, 1.54) is 30.2 Å². The van der Waals surface area contributed by atoms with Crippen molar-refractivity contribution in [1.29, 1.82) is 0 Å². The fourth-order valence-corrected chi connectivity index (χ4v) is 4.02. The molecular weight excluding hydrogens is 467 g/mol. The molecule has 0 fully saturated rings. The second-order valence-corrected chi connectivity index (χ2v) is 8.44. The molecule has 4 rings (SSSR count). The highest BCUT2D eigenvalue weighted by Crippen LogP contribution is 2.29. The van der Waals surface area contributed by atoms with E-state index in [4.69, 9.17) is 4.42 Å². The maximum Gasteiger partial charge on any atom is 0.416 e. The molecule has 11 heteroatoms. The van der Waals surface area contributed by atoms with Crippen molar-refractivity contribution in [2.24, 2.45) is 0 Å². The SMILES string of the molecule is Cc1ccc(-n2c(C)nnc2SCc2nc(C(=O)NCc3cccc(C(F)(F)F)c3)co2)cc1. The van der Waals surface area contributed by atoms with E-state index in [0.29, 0.717) is 22.4 Å². The number of halogens is 3. The van der Waals surface area contributed by atoms with Crippen molar-refractivity contribution < 1.29 is 22.4 Å². The Bertz CT molecular complexity index is 1300. The number of thioether (sulfide) groups is 1. The molecule has 0 unspecified atom stereocenters. The van der Waals surface area contributed by atoms with Gasteiger partial charge in [-0.15, -0.1) is 10.2 Å². The van der Waals surface area contributed by atoms with Crippen LogP contribution in [-0.2, 0) is 18.5 Å². The molecule has 176 valence electrons. The maximum absolute atomic E-state index is 12.8. The number of nitrogens with one attached hydrogen (secondary N) is 1. The molecule has 2 aromatic carbocycles. The molecule has 34 heavy (non-hydrogen) atoms. The fourth-order valence-electron chi connectivity index (χ4n) is 3.17. The van der Waals surface area contributed by atoms with Crippen molar-refractivity contribution in [2.75, 3.05) is 0 Å². The molecule has 0 spiro atoms. The van der Waals surface area contributed by atoms with E-state index >= 15 is 0 Å². The Balaban J connectivity index is 1.37. The number of aromatic nitrogens is 4. The number of carbonyl (C=O) groups is 1. The van der Waals surface area contributed by atoms with Crippen LogP contribution in [0.5, 0.6) is 0 Å². The third-order valence-corrected chi connectivity index (χ3v) is 5.82. The van der Waals surface area contributed by atoms with E-state index in [1.54, 1.807) is 0 Å². The van der Waals surface area contributed by atoms with Crippen LogP contribution in [0.25, 0.3) is 5.69 Å². The zero-order chi connectivity index (χ0) is 24.3. The van der Waals surface area contributed by atoms with E-state index in [0.717, 1.165) is 29.2 Å². The first-order valence-electron chi connectivity index (χ1n) is 10.2. The van der Waals surface area contributed by atoms with Crippen molar-refractivity contribution in [3.8, 4) is 5.69 Å². The number of hydrogen-bond acceptors (Lipinski definition) is 6. The molecule has 0 saturated heterocycles. The van der Waals surface area contributed by atoms with E-state index in [2.05, 4.69) is 20.5 Å². The summed E-state index contributed by atoms with van der Waals surface area (Å²) in [6, 6.07) is 12.7. The number of amides is 1. The first-order chi connectivity index (χ1) is 16.2. The van der Waals surface area contributed by atoms with Crippen molar-refractivity contribution in [3.63, 3.8) is 0 Å². The van der Waals surface area contributed by atoms with Crippen molar-refractivity contribution in [3.05, 3.63) is 88.9 Å². The first kappa shape index (κ1) is 23.6. The normalized spacial score (nSPS) is 11.6. The summed E-state index contributed by atoms with van der Waals surface area (Å²) in [5, 5.41) is 11.6. The summed E-state index contributed by atoms with van der Waals surface area (Å²) in [5.74, 6) is 0.806. The molecule has 0 saturated carbocycles. The zero-order valence-electron chi connectivity index (χ0n) is 18.3. The van der Waals surface area contributed by atoms with Crippen molar-refractivity contribution in [1.82, 2.24) is 25.1 Å². The van der Waals surface area contributed by atoms with Crippen LogP contribution in [0.1, 0.15) is 38.9 Å². The number of carbonyl (C=O) groups excluding carboxylic acids is 1. The van der Waals surface area contributed by atoms with Gasteiger partial charge in [0.25, 0.3) is 5.91 Å². The van der Waals surface area contributed by atoms with Crippen LogP contribution in [0, 0.1) is 13.8 Å². The lowest BCUT2D eigenvalue weighted by molar-refractivity contribution is -0.137. The Hall–Kier alpha value is -3.60. The van der Waals surface area contributed by atoms with Crippen LogP contribution in [0.4, 0.5) is 13.2 Å². The molecule has 0 aliphatic carbocycles. The minimum absolute atomic E-state index is 0.0405. The van der Waals surface area contributed by atoms with Gasteiger partial charge in [0, 0.05) is 12.2 Å². The predicted molar refractivity (Wildman–Crippen MR) is 120 cm³/mol. The highest BCUT2D eigenvalue weighted by molar-refractivity contribution is 7.98. The number of rotatable bonds is 7. The molecular formula is C23H20F3N5O2S. The molecule has 7 nitrogen and oxygen atoms in total. The van der Waals surface area contributed by atoms with Crippen molar-refractivity contribution >= 4 is 17.7 Å². The summed E-state index contributed by atoms with van der Waals surface area (Å²) < 4.78 is 45.8. The number of benzene rings is 2. The van der Waals surface area contributed by atoms with Crippen LogP contribution in [-0.4, -0.2) is 25.7 Å². The number of hydrogen-bond donors (Lipinski definition) is 1. The summed E-state index contributed by atoms with van der Waals surface area (Å²) in [6.07, 6.45) is -3.23. The molecule has 0 atom stereocenters. The highest BCUT2D eigenvalue weighted by atomic mass is 32.2. The molecule has 1 amide bonds. The van der Waals surface area contributed by atoms with Gasteiger partial charge in [-0.25, -0.2) is 4.98 Å². The fraction of sp³-hybridized carbons (Fsp3) is 0.217. The third kappa shape index (κ3) is 5.48. The number of aryl methyl sites for hydroxylation is 2. The molecule has 4 aromatic rings. The summed E-state index contributed by atoms with van der Waals surface area (Å²) in [6.45, 7) is 3.79. The minimum Gasteiger partial charge on any atom is -0.447 e.